The van der Waals surface area contributed by atoms with Crippen molar-refractivity contribution in [2.45, 2.75) is 6.92 Å². The minimum atomic E-state index is -0.437. The Bertz CT molecular complexity index is 1090. The summed E-state index contributed by atoms with van der Waals surface area (Å²) in [6.45, 7) is 1.75. The Morgan fingerprint density at radius 3 is 2.58 bits per heavy atom. The zero-order chi connectivity index (χ0) is 18.1. The van der Waals surface area contributed by atoms with E-state index < -0.39 is 5.91 Å². The summed E-state index contributed by atoms with van der Waals surface area (Å²) >= 11 is 0. The van der Waals surface area contributed by atoms with Gasteiger partial charge in [-0.15, -0.1) is 0 Å². The first-order valence-corrected chi connectivity index (χ1v) is 8.00. The van der Waals surface area contributed by atoms with Crippen molar-refractivity contribution in [1.82, 2.24) is 19.7 Å². The average Bonchev–Trinajstić information content (AvgIpc) is 3.01. The summed E-state index contributed by atoms with van der Waals surface area (Å²) in [4.78, 5) is 21.1. The van der Waals surface area contributed by atoms with E-state index in [1.807, 2.05) is 24.3 Å². The number of aryl methyl sites for hydroxylation is 1. The molecule has 0 aliphatic rings. The highest BCUT2D eigenvalue weighted by Gasteiger charge is 2.21. The fraction of sp³-hybridized carbons (Fsp3) is 0.0526. The van der Waals surface area contributed by atoms with E-state index in [9.17, 15) is 9.90 Å². The predicted octanol–water partition coefficient (Wildman–Crippen LogP) is 3.08. The van der Waals surface area contributed by atoms with Crippen molar-refractivity contribution in [2.75, 3.05) is 5.32 Å². The van der Waals surface area contributed by atoms with Gasteiger partial charge in [0.05, 0.1) is 11.1 Å². The summed E-state index contributed by atoms with van der Waals surface area (Å²) in [7, 11) is 0. The van der Waals surface area contributed by atoms with Crippen LogP contribution in [0.2, 0.25) is 0 Å². The van der Waals surface area contributed by atoms with E-state index in [1.165, 1.54) is 6.20 Å². The molecule has 128 valence electrons. The number of hydrogen-bond donors (Lipinski definition) is 2. The molecule has 7 heteroatoms. The van der Waals surface area contributed by atoms with Gasteiger partial charge in [0, 0.05) is 18.1 Å². The molecule has 0 atom stereocenters. The van der Waals surface area contributed by atoms with Gasteiger partial charge < -0.3 is 10.4 Å². The van der Waals surface area contributed by atoms with E-state index in [0.29, 0.717) is 28.2 Å². The summed E-state index contributed by atoms with van der Waals surface area (Å²) < 4.78 is 1.54. The maximum atomic E-state index is 12.5. The topological polar surface area (TPSA) is 92.9 Å². The number of nitrogens with one attached hydrogen (secondary N) is 1. The lowest BCUT2D eigenvalue weighted by atomic mass is 10.1. The molecular formula is C19H15N5O2. The Hall–Kier alpha value is -3.74. The number of aromatic nitrogens is 4. The van der Waals surface area contributed by atoms with Crippen LogP contribution in [0, 0.1) is 6.92 Å². The van der Waals surface area contributed by atoms with Crippen molar-refractivity contribution in [1.29, 1.82) is 0 Å². The summed E-state index contributed by atoms with van der Waals surface area (Å²) in [6.07, 6.45) is 3.00. The second-order valence-corrected chi connectivity index (χ2v) is 5.72. The SMILES string of the molecule is Cc1nn(-c2ccccn2)c2ncc(C(=O)Nc3ccccc3)c(O)c12. The van der Waals surface area contributed by atoms with Gasteiger partial charge in [0.2, 0.25) is 0 Å². The van der Waals surface area contributed by atoms with Crippen molar-refractivity contribution in [3.05, 3.63) is 72.2 Å². The Morgan fingerprint density at radius 1 is 1.08 bits per heavy atom. The number of benzene rings is 1. The number of rotatable bonds is 3. The minimum Gasteiger partial charge on any atom is -0.506 e. The van der Waals surface area contributed by atoms with Gasteiger partial charge in [0.15, 0.2) is 11.5 Å². The Kier molecular flexibility index (Phi) is 3.81. The standard InChI is InChI=1S/C19H15N5O2/c1-12-16-17(25)14(19(26)22-13-7-3-2-4-8-13)11-21-18(16)24(23-12)15-9-5-6-10-20-15/h2-11H,1H3,(H,21,25)(H,22,26). The Balaban J connectivity index is 1.78. The van der Waals surface area contributed by atoms with E-state index >= 15 is 0 Å². The minimum absolute atomic E-state index is 0.0880. The fourth-order valence-corrected chi connectivity index (χ4v) is 2.76. The smallest absolute Gasteiger partial charge is 0.261 e. The molecule has 3 heterocycles. The van der Waals surface area contributed by atoms with Gasteiger partial charge in [-0.3, -0.25) is 4.79 Å². The molecular weight excluding hydrogens is 330 g/mol. The highest BCUT2D eigenvalue weighted by atomic mass is 16.3. The number of carbonyl (C=O) groups excluding carboxylic acids is 1. The number of pyridine rings is 2. The largest absolute Gasteiger partial charge is 0.506 e. The van der Waals surface area contributed by atoms with Gasteiger partial charge in [-0.2, -0.15) is 9.78 Å². The molecule has 0 saturated heterocycles. The van der Waals surface area contributed by atoms with Crippen molar-refractivity contribution in [3.8, 4) is 11.6 Å². The Labute approximate surface area is 149 Å². The molecule has 1 aromatic carbocycles. The van der Waals surface area contributed by atoms with Gasteiger partial charge >= 0.3 is 0 Å². The lowest BCUT2D eigenvalue weighted by molar-refractivity contribution is 0.102. The third-order valence-corrected chi connectivity index (χ3v) is 3.99. The second kappa shape index (κ2) is 6.29. The van der Waals surface area contributed by atoms with Crippen LogP contribution in [0.4, 0.5) is 5.69 Å². The normalized spacial score (nSPS) is 10.8. The zero-order valence-corrected chi connectivity index (χ0v) is 13.9. The number of anilines is 1. The van der Waals surface area contributed by atoms with Gasteiger partial charge in [0.1, 0.15) is 11.3 Å². The molecule has 4 rings (SSSR count). The molecule has 0 spiro atoms. The van der Waals surface area contributed by atoms with Crippen LogP contribution in [-0.4, -0.2) is 30.8 Å². The number of amides is 1. The number of hydrogen-bond acceptors (Lipinski definition) is 5. The molecule has 2 N–H and O–H groups in total. The quantitative estimate of drug-likeness (QED) is 0.595. The van der Waals surface area contributed by atoms with Gasteiger partial charge in [-0.25, -0.2) is 9.97 Å². The first kappa shape index (κ1) is 15.8. The first-order valence-electron chi connectivity index (χ1n) is 8.00. The van der Waals surface area contributed by atoms with Crippen LogP contribution in [0.5, 0.6) is 5.75 Å². The first-order chi connectivity index (χ1) is 12.6. The lowest BCUT2D eigenvalue weighted by Gasteiger charge is -2.08. The highest BCUT2D eigenvalue weighted by Crippen LogP contribution is 2.31. The molecule has 0 saturated carbocycles. The second-order valence-electron chi connectivity index (χ2n) is 5.72. The number of carbonyl (C=O) groups is 1. The van der Waals surface area contributed by atoms with Crippen molar-refractivity contribution in [3.63, 3.8) is 0 Å². The van der Waals surface area contributed by atoms with Gasteiger partial charge in [0.25, 0.3) is 5.91 Å². The van der Waals surface area contributed by atoms with Crippen molar-refractivity contribution in [2.24, 2.45) is 0 Å². The fourth-order valence-electron chi connectivity index (χ4n) is 2.76. The van der Waals surface area contributed by atoms with Crippen LogP contribution in [0.1, 0.15) is 16.1 Å². The summed E-state index contributed by atoms with van der Waals surface area (Å²) in [5.41, 5.74) is 1.72. The zero-order valence-electron chi connectivity index (χ0n) is 13.9. The lowest BCUT2D eigenvalue weighted by Crippen LogP contribution is -2.12. The molecule has 0 fully saturated rings. The van der Waals surface area contributed by atoms with Crippen LogP contribution in [0.25, 0.3) is 16.9 Å². The average molecular weight is 345 g/mol. The summed E-state index contributed by atoms with van der Waals surface area (Å²) in [6, 6.07) is 14.5. The van der Waals surface area contributed by atoms with Crippen molar-refractivity contribution < 1.29 is 9.90 Å². The molecule has 7 nitrogen and oxygen atoms in total. The number of para-hydroxylation sites is 1. The maximum absolute atomic E-state index is 12.5. The molecule has 0 bridgehead atoms. The molecule has 4 aromatic rings. The third-order valence-electron chi connectivity index (χ3n) is 3.99. The van der Waals surface area contributed by atoms with E-state index in [-0.39, 0.29) is 11.3 Å². The van der Waals surface area contributed by atoms with Crippen LogP contribution < -0.4 is 5.32 Å². The Morgan fingerprint density at radius 2 is 1.85 bits per heavy atom. The van der Waals surface area contributed by atoms with E-state index in [2.05, 4.69) is 20.4 Å². The number of aromatic hydroxyl groups is 1. The molecule has 0 radical (unpaired) electrons. The highest BCUT2D eigenvalue weighted by molar-refractivity contribution is 6.09. The van der Waals surface area contributed by atoms with Crippen LogP contribution >= 0.6 is 0 Å². The number of nitrogens with zero attached hydrogens (tertiary/aromatic N) is 4. The van der Waals surface area contributed by atoms with Crippen LogP contribution in [-0.2, 0) is 0 Å². The third kappa shape index (κ3) is 2.65. The van der Waals surface area contributed by atoms with E-state index in [4.69, 9.17) is 0 Å². The summed E-state index contributed by atoms with van der Waals surface area (Å²) in [5, 5.41) is 18.2. The molecule has 26 heavy (non-hydrogen) atoms. The monoisotopic (exact) mass is 345 g/mol. The summed E-state index contributed by atoms with van der Waals surface area (Å²) in [5.74, 6) is -0.00446. The molecule has 0 unspecified atom stereocenters. The molecule has 3 aromatic heterocycles. The van der Waals surface area contributed by atoms with Crippen LogP contribution in [0.15, 0.2) is 60.9 Å². The predicted molar refractivity (Wildman–Crippen MR) is 97.5 cm³/mol. The van der Waals surface area contributed by atoms with E-state index in [1.54, 1.807) is 42.1 Å². The van der Waals surface area contributed by atoms with Gasteiger partial charge in [-0.1, -0.05) is 24.3 Å². The number of fused-ring (bicyclic) bond motifs is 1. The van der Waals surface area contributed by atoms with Gasteiger partial charge in [-0.05, 0) is 31.2 Å². The maximum Gasteiger partial charge on any atom is 0.261 e. The van der Waals surface area contributed by atoms with Crippen molar-refractivity contribution >= 4 is 22.6 Å². The molecule has 0 aliphatic heterocycles. The van der Waals surface area contributed by atoms with E-state index in [0.717, 1.165) is 0 Å². The molecule has 1 amide bonds. The molecule has 0 aliphatic carbocycles. The van der Waals surface area contributed by atoms with Crippen LogP contribution in [0.3, 0.4) is 0 Å².